The van der Waals surface area contributed by atoms with Gasteiger partial charge in [-0.25, -0.2) is 0 Å². The Bertz CT molecular complexity index is 507. The first-order chi connectivity index (χ1) is 11.3. The number of rotatable bonds is 6. The average molecular weight is 385 g/mol. The third kappa shape index (κ3) is 5.08. The van der Waals surface area contributed by atoms with Crippen molar-refractivity contribution in [3.8, 4) is 11.5 Å². The van der Waals surface area contributed by atoms with Crippen LogP contribution in [0.3, 0.4) is 0 Å². The smallest absolute Gasteiger partial charge is 0.175 e. The molecular weight excluding hydrogens is 360 g/mol. The highest BCUT2D eigenvalue weighted by Crippen LogP contribution is 2.38. The number of benzene rings is 1. The van der Waals surface area contributed by atoms with Crippen LogP contribution in [-0.4, -0.2) is 57.5 Å². The molecule has 2 aliphatic rings. The van der Waals surface area contributed by atoms with E-state index in [1.54, 1.807) is 0 Å². The van der Waals surface area contributed by atoms with E-state index < -0.39 is 0 Å². The quantitative estimate of drug-likeness (QED) is 0.762. The normalized spacial score (nSPS) is 18.7. The van der Waals surface area contributed by atoms with Gasteiger partial charge < -0.3 is 19.5 Å². The van der Waals surface area contributed by atoms with E-state index in [-0.39, 0.29) is 0 Å². The van der Waals surface area contributed by atoms with Gasteiger partial charge in [0, 0.05) is 26.1 Å². The second-order valence-corrected chi connectivity index (χ2v) is 6.79. The SMILES string of the molecule is Brc1cc(CNCCCN2CCOCC2)cc2c1OCCCO2. The predicted molar refractivity (Wildman–Crippen MR) is 93.3 cm³/mol. The van der Waals surface area contributed by atoms with Crippen molar-refractivity contribution in [3.63, 3.8) is 0 Å². The minimum Gasteiger partial charge on any atom is -0.490 e. The van der Waals surface area contributed by atoms with Crippen molar-refractivity contribution in [1.82, 2.24) is 10.2 Å². The molecule has 1 N–H and O–H groups in total. The molecule has 0 aliphatic carbocycles. The van der Waals surface area contributed by atoms with Crippen LogP contribution < -0.4 is 14.8 Å². The van der Waals surface area contributed by atoms with Gasteiger partial charge in [-0.1, -0.05) is 0 Å². The predicted octanol–water partition coefficient (Wildman–Crippen LogP) is 2.42. The zero-order valence-corrected chi connectivity index (χ0v) is 15.1. The molecule has 0 atom stereocenters. The fourth-order valence-electron chi connectivity index (χ4n) is 2.87. The van der Waals surface area contributed by atoms with Crippen molar-refractivity contribution < 1.29 is 14.2 Å². The van der Waals surface area contributed by atoms with Crippen molar-refractivity contribution in [2.45, 2.75) is 19.4 Å². The highest BCUT2D eigenvalue weighted by atomic mass is 79.9. The number of hydrogen-bond acceptors (Lipinski definition) is 5. The molecule has 1 aromatic rings. The highest BCUT2D eigenvalue weighted by Gasteiger charge is 2.15. The fraction of sp³-hybridized carbons (Fsp3) is 0.647. The molecule has 2 heterocycles. The molecule has 0 amide bonds. The minimum absolute atomic E-state index is 0.713. The lowest BCUT2D eigenvalue weighted by Crippen LogP contribution is -2.37. The maximum absolute atomic E-state index is 5.78. The molecule has 1 aromatic carbocycles. The van der Waals surface area contributed by atoms with E-state index in [2.05, 4.69) is 38.3 Å². The molecule has 1 saturated heterocycles. The summed E-state index contributed by atoms with van der Waals surface area (Å²) in [6, 6.07) is 4.20. The zero-order chi connectivity index (χ0) is 15.9. The molecule has 0 unspecified atom stereocenters. The van der Waals surface area contributed by atoms with Crippen LogP contribution in [-0.2, 0) is 11.3 Å². The van der Waals surface area contributed by atoms with Gasteiger partial charge in [0.1, 0.15) is 0 Å². The third-order valence-electron chi connectivity index (χ3n) is 4.12. The second kappa shape index (κ2) is 8.87. The molecule has 0 radical (unpaired) electrons. The van der Waals surface area contributed by atoms with Gasteiger partial charge in [0.05, 0.1) is 30.9 Å². The van der Waals surface area contributed by atoms with Gasteiger partial charge in [0.25, 0.3) is 0 Å². The summed E-state index contributed by atoms with van der Waals surface area (Å²) in [7, 11) is 0. The van der Waals surface area contributed by atoms with Crippen molar-refractivity contribution >= 4 is 15.9 Å². The first-order valence-corrected chi connectivity index (χ1v) is 9.21. The largest absolute Gasteiger partial charge is 0.490 e. The van der Waals surface area contributed by atoms with E-state index in [0.717, 1.165) is 81.4 Å². The van der Waals surface area contributed by atoms with Gasteiger partial charge in [0.2, 0.25) is 0 Å². The molecule has 1 fully saturated rings. The summed E-state index contributed by atoms with van der Waals surface area (Å²) >= 11 is 3.59. The van der Waals surface area contributed by atoms with Crippen LogP contribution in [0.4, 0.5) is 0 Å². The molecule has 5 nitrogen and oxygen atoms in total. The number of nitrogens with one attached hydrogen (secondary N) is 1. The molecule has 0 saturated carbocycles. The summed E-state index contributed by atoms with van der Waals surface area (Å²) < 4.78 is 17.9. The van der Waals surface area contributed by atoms with E-state index in [4.69, 9.17) is 14.2 Å². The van der Waals surface area contributed by atoms with Crippen molar-refractivity contribution in [2.24, 2.45) is 0 Å². The van der Waals surface area contributed by atoms with Crippen LogP contribution >= 0.6 is 15.9 Å². The fourth-order valence-corrected chi connectivity index (χ4v) is 3.48. The van der Waals surface area contributed by atoms with Crippen LogP contribution in [0.5, 0.6) is 11.5 Å². The Hall–Kier alpha value is -0.820. The van der Waals surface area contributed by atoms with Gasteiger partial charge in [-0.15, -0.1) is 0 Å². The summed E-state index contributed by atoms with van der Waals surface area (Å²) in [5, 5.41) is 3.52. The van der Waals surface area contributed by atoms with Gasteiger partial charge in [-0.05, 0) is 53.1 Å². The van der Waals surface area contributed by atoms with E-state index in [9.17, 15) is 0 Å². The number of ether oxygens (including phenoxy) is 3. The third-order valence-corrected chi connectivity index (χ3v) is 4.71. The van der Waals surface area contributed by atoms with Crippen LogP contribution in [0.25, 0.3) is 0 Å². The second-order valence-electron chi connectivity index (χ2n) is 5.94. The standard InChI is InChI=1S/C17H25BrN2O3/c18-15-11-14(12-16-17(15)23-8-2-7-22-16)13-19-3-1-4-20-5-9-21-10-6-20/h11-12,19H,1-10,13H2. The van der Waals surface area contributed by atoms with Crippen molar-refractivity contribution in [1.29, 1.82) is 0 Å². The number of morpholine rings is 1. The maximum Gasteiger partial charge on any atom is 0.175 e. The van der Waals surface area contributed by atoms with E-state index in [0.29, 0.717) is 6.61 Å². The van der Waals surface area contributed by atoms with Crippen molar-refractivity contribution in [2.75, 3.05) is 52.6 Å². The van der Waals surface area contributed by atoms with Gasteiger partial charge in [-0.3, -0.25) is 4.90 Å². The Morgan fingerprint density at radius 1 is 1.09 bits per heavy atom. The van der Waals surface area contributed by atoms with E-state index >= 15 is 0 Å². The maximum atomic E-state index is 5.78. The van der Waals surface area contributed by atoms with Crippen LogP contribution in [0, 0.1) is 0 Å². The zero-order valence-electron chi connectivity index (χ0n) is 13.5. The van der Waals surface area contributed by atoms with Gasteiger partial charge >= 0.3 is 0 Å². The number of nitrogens with zero attached hydrogens (tertiary/aromatic N) is 1. The molecule has 0 aromatic heterocycles. The Morgan fingerprint density at radius 3 is 2.78 bits per heavy atom. The molecule has 0 bridgehead atoms. The van der Waals surface area contributed by atoms with Crippen LogP contribution in [0.1, 0.15) is 18.4 Å². The first kappa shape index (κ1) is 17.0. The lowest BCUT2D eigenvalue weighted by atomic mass is 10.2. The molecule has 3 rings (SSSR count). The van der Waals surface area contributed by atoms with Crippen molar-refractivity contribution in [3.05, 3.63) is 22.2 Å². The molecule has 23 heavy (non-hydrogen) atoms. The first-order valence-electron chi connectivity index (χ1n) is 8.42. The Labute approximate surface area is 146 Å². The van der Waals surface area contributed by atoms with E-state index in [1.165, 1.54) is 5.56 Å². The molecule has 6 heteroatoms. The summed E-state index contributed by atoms with van der Waals surface area (Å²) in [6.07, 6.45) is 2.09. The lowest BCUT2D eigenvalue weighted by Gasteiger charge is -2.26. The molecule has 0 spiro atoms. The topological polar surface area (TPSA) is 43.0 Å². The summed E-state index contributed by atoms with van der Waals surface area (Å²) in [6.45, 7) is 8.31. The van der Waals surface area contributed by atoms with Crippen LogP contribution in [0.2, 0.25) is 0 Å². The van der Waals surface area contributed by atoms with Crippen LogP contribution in [0.15, 0.2) is 16.6 Å². The van der Waals surface area contributed by atoms with Gasteiger partial charge in [-0.2, -0.15) is 0 Å². The summed E-state index contributed by atoms with van der Waals surface area (Å²) in [5.74, 6) is 1.68. The Morgan fingerprint density at radius 2 is 1.91 bits per heavy atom. The molecule has 2 aliphatic heterocycles. The monoisotopic (exact) mass is 384 g/mol. The van der Waals surface area contributed by atoms with E-state index in [1.807, 2.05) is 0 Å². The number of fused-ring (bicyclic) bond motifs is 1. The Kier molecular flexibility index (Phi) is 6.56. The number of hydrogen-bond donors (Lipinski definition) is 1. The number of halogens is 1. The summed E-state index contributed by atoms with van der Waals surface area (Å²) in [5.41, 5.74) is 1.22. The average Bonchev–Trinajstić information content (AvgIpc) is 2.81. The molecular formula is C17H25BrN2O3. The minimum atomic E-state index is 0.713. The lowest BCUT2D eigenvalue weighted by molar-refractivity contribution is 0.0374. The molecule has 128 valence electrons. The Balaban J connectivity index is 1.43. The van der Waals surface area contributed by atoms with Gasteiger partial charge in [0.15, 0.2) is 11.5 Å². The summed E-state index contributed by atoms with van der Waals surface area (Å²) in [4.78, 5) is 2.47. The highest BCUT2D eigenvalue weighted by molar-refractivity contribution is 9.10.